The topological polar surface area (TPSA) is 37.3 Å². The zero-order chi connectivity index (χ0) is 14.6. The molecule has 0 unspecified atom stereocenters. The molecule has 2 rings (SSSR count). The summed E-state index contributed by atoms with van der Waals surface area (Å²) in [5, 5.41) is 9.87. The van der Waals surface area contributed by atoms with Gasteiger partial charge in [0.25, 0.3) is 0 Å². The Hall–Kier alpha value is -0.530. The molecule has 0 heterocycles. The van der Waals surface area contributed by atoms with Gasteiger partial charge in [-0.05, 0) is 56.3 Å². The number of carbonyl (C=O) groups is 1. The van der Waals surface area contributed by atoms with Gasteiger partial charge in [0.2, 0.25) is 0 Å². The smallest absolute Gasteiger partial charge is 0.309 e. The van der Waals surface area contributed by atoms with Crippen molar-refractivity contribution in [3.05, 3.63) is 0 Å². The van der Waals surface area contributed by atoms with Crippen molar-refractivity contribution >= 4 is 5.97 Å². The van der Waals surface area contributed by atoms with Gasteiger partial charge in [0.05, 0.1) is 5.41 Å². The second kappa shape index (κ2) is 6.95. The molecule has 0 aliphatic heterocycles. The molecule has 2 saturated carbocycles. The molecule has 0 aromatic heterocycles. The summed E-state index contributed by atoms with van der Waals surface area (Å²) in [6.45, 7) is 4.55. The molecule has 0 amide bonds. The first-order valence-corrected chi connectivity index (χ1v) is 8.82. The van der Waals surface area contributed by atoms with Crippen molar-refractivity contribution in [1.29, 1.82) is 0 Å². The van der Waals surface area contributed by atoms with Crippen LogP contribution in [0.1, 0.15) is 84.5 Å². The van der Waals surface area contributed by atoms with E-state index in [0.717, 1.165) is 50.4 Å². The molecule has 20 heavy (non-hydrogen) atoms. The zero-order valence-electron chi connectivity index (χ0n) is 13.4. The van der Waals surface area contributed by atoms with E-state index < -0.39 is 5.97 Å². The summed E-state index contributed by atoms with van der Waals surface area (Å²) >= 11 is 0. The van der Waals surface area contributed by atoms with Crippen LogP contribution in [0.4, 0.5) is 0 Å². The molecule has 0 bridgehead atoms. The van der Waals surface area contributed by atoms with Crippen LogP contribution in [0.5, 0.6) is 0 Å². The molecule has 116 valence electrons. The highest BCUT2D eigenvalue weighted by molar-refractivity contribution is 5.75. The summed E-state index contributed by atoms with van der Waals surface area (Å²) < 4.78 is 0. The van der Waals surface area contributed by atoms with Crippen LogP contribution in [0.15, 0.2) is 0 Å². The lowest BCUT2D eigenvalue weighted by atomic mass is 9.59. The Kier molecular flexibility index (Phi) is 5.51. The van der Waals surface area contributed by atoms with Crippen molar-refractivity contribution < 1.29 is 9.90 Å². The molecular formula is C18H32O2. The molecule has 0 atom stereocenters. The Balaban J connectivity index is 1.96. The molecule has 2 heteroatoms. The molecule has 2 nitrogen and oxygen atoms in total. The number of hydrogen-bond donors (Lipinski definition) is 1. The van der Waals surface area contributed by atoms with Gasteiger partial charge in [0.15, 0.2) is 0 Å². The predicted molar refractivity (Wildman–Crippen MR) is 82.7 cm³/mol. The van der Waals surface area contributed by atoms with E-state index in [9.17, 15) is 9.90 Å². The molecular weight excluding hydrogens is 248 g/mol. The van der Waals surface area contributed by atoms with Gasteiger partial charge >= 0.3 is 5.97 Å². The standard InChI is InChI=1S/C18H32O2/c1-3-4-5-15-10-12-18(13-11-15,17(19)20)16-8-6-14(2)7-9-16/h14-16H,3-13H2,1-2H3,(H,19,20). The zero-order valence-corrected chi connectivity index (χ0v) is 13.4. The first-order chi connectivity index (χ1) is 9.58. The summed E-state index contributed by atoms with van der Waals surface area (Å²) in [5.74, 6) is 1.55. The van der Waals surface area contributed by atoms with Gasteiger partial charge < -0.3 is 5.11 Å². The maximum atomic E-state index is 12.0. The van der Waals surface area contributed by atoms with Gasteiger partial charge in [-0.25, -0.2) is 0 Å². The molecule has 1 N–H and O–H groups in total. The minimum absolute atomic E-state index is 0.372. The number of aliphatic carboxylic acids is 1. The van der Waals surface area contributed by atoms with E-state index in [1.54, 1.807) is 0 Å². The number of rotatable bonds is 5. The Labute approximate surface area is 124 Å². The second-order valence-corrected chi connectivity index (χ2v) is 7.50. The minimum atomic E-state index is -0.494. The lowest BCUT2D eigenvalue weighted by Gasteiger charge is -2.44. The Morgan fingerprint density at radius 3 is 2.20 bits per heavy atom. The van der Waals surface area contributed by atoms with Crippen LogP contribution in [0.2, 0.25) is 0 Å². The second-order valence-electron chi connectivity index (χ2n) is 7.50. The quantitative estimate of drug-likeness (QED) is 0.745. The van der Waals surface area contributed by atoms with Gasteiger partial charge in [-0.15, -0.1) is 0 Å². The highest BCUT2D eigenvalue weighted by Gasteiger charge is 2.48. The Bertz CT molecular complexity index is 307. The fourth-order valence-corrected chi connectivity index (χ4v) is 4.58. The van der Waals surface area contributed by atoms with Crippen LogP contribution in [0.3, 0.4) is 0 Å². The van der Waals surface area contributed by atoms with Crippen LogP contribution >= 0.6 is 0 Å². The molecule has 0 aromatic rings. The average Bonchev–Trinajstić information content (AvgIpc) is 2.46. The van der Waals surface area contributed by atoms with Crippen molar-refractivity contribution in [3.8, 4) is 0 Å². The van der Waals surface area contributed by atoms with Crippen molar-refractivity contribution in [1.82, 2.24) is 0 Å². The van der Waals surface area contributed by atoms with Crippen molar-refractivity contribution in [3.63, 3.8) is 0 Å². The summed E-state index contributed by atoms with van der Waals surface area (Å²) in [6, 6.07) is 0. The largest absolute Gasteiger partial charge is 0.481 e. The molecule has 2 aliphatic carbocycles. The van der Waals surface area contributed by atoms with E-state index in [0.29, 0.717) is 5.92 Å². The van der Waals surface area contributed by atoms with Gasteiger partial charge in [-0.2, -0.15) is 0 Å². The third-order valence-electron chi connectivity index (χ3n) is 6.19. The number of carboxylic acid groups (broad SMARTS) is 1. The predicted octanol–water partition coefficient (Wildman–Crippen LogP) is 5.26. The molecule has 0 saturated heterocycles. The third kappa shape index (κ3) is 3.38. The molecule has 2 fully saturated rings. The third-order valence-corrected chi connectivity index (χ3v) is 6.19. The van der Waals surface area contributed by atoms with Crippen LogP contribution in [0, 0.1) is 23.2 Å². The molecule has 0 spiro atoms. The minimum Gasteiger partial charge on any atom is -0.481 e. The van der Waals surface area contributed by atoms with Crippen molar-refractivity contribution in [2.45, 2.75) is 84.5 Å². The molecule has 0 aromatic carbocycles. The van der Waals surface area contributed by atoms with E-state index >= 15 is 0 Å². The maximum absolute atomic E-state index is 12.0. The SMILES string of the molecule is CCCCC1CCC(C(=O)O)(C2CCC(C)CC2)CC1. The lowest BCUT2D eigenvalue weighted by molar-refractivity contribution is -0.157. The first kappa shape index (κ1) is 15.9. The molecule has 2 aliphatic rings. The normalized spacial score (nSPS) is 38.6. The molecule has 0 radical (unpaired) electrons. The first-order valence-electron chi connectivity index (χ1n) is 8.82. The summed E-state index contributed by atoms with van der Waals surface area (Å²) in [5.41, 5.74) is -0.372. The van der Waals surface area contributed by atoms with Gasteiger partial charge in [0, 0.05) is 0 Å². The van der Waals surface area contributed by atoms with E-state index in [1.165, 1.54) is 32.1 Å². The lowest BCUT2D eigenvalue weighted by Crippen LogP contribution is -2.43. The van der Waals surface area contributed by atoms with Gasteiger partial charge in [0.1, 0.15) is 0 Å². The average molecular weight is 280 g/mol. The van der Waals surface area contributed by atoms with Crippen molar-refractivity contribution in [2.75, 3.05) is 0 Å². The number of unbranched alkanes of at least 4 members (excludes halogenated alkanes) is 1. The van der Waals surface area contributed by atoms with E-state index in [2.05, 4.69) is 13.8 Å². The van der Waals surface area contributed by atoms with Crippen LogP contribution in [-0.4, -0.2) is 11.1 Å². The highest BCUT2D eigenvalue weighted by Crippen LogP contribution is 2.51. The van der Waals surface area contributed by atoms with Gasteiger partial charge in [-0.3, -0.25) is 4.79 Å². The van der Waals surface area contributed by atoms with Crippen LogP contribution in [0.25, 0.3) is 0 Å². The van der Waals surface area contributed by atoms with E-state index in [4.69, 9.17) is 0 Å². The highest BCUT2D eigenvalue weighted by atomic mass is 16.4. The fourth-order valence-electron chi connectivity index (χ4n) is 4.58. The summed E-state index contributed by atoms with van der Waals surface area (Å²) in [4.78, 5) is 12.0. The Morgan fingerprint density at radius 2 is 1.70 bits per heavy atom. The summed E-state index contributed by atoms with van der Waals surface area (Å²) in [7, 11) is 0. The van der Waals surface area contributed by atoms with Crippen LogP contribution in [-0.2, 0) is 4.79 Å². The van der Waals surface area contributed by atoms with Gasteiger partial charge in [-0.1, -0.05) is 46.0 Å². The fraction of sp³-hybridized carbons (Fsp3) is 0.944. The maximum Gasteiger partial charge on any atom is 0.309 e. The number of hydrogen-bond acceptors (Lipinski definition) is 1. The number of carboxylic acids is 1. The summed E-state index contributed by atoms with van der Waals surface area (Å²) in [6.07, 6.45) is 12.8. The monoisotopic (exact) mass is 280 g/mol. The van der Waals surface area contributed by atoms with E-state index in [1.807, 2.05) is 0 Å². The van der Waals surface area contributed by atoms with Crippen LogP contribution < -0.4 is 0 Å². The Morgan fingerprint density at radius 1 is 1.10 bits per heavy atom. The van der Waals surface area contributed by atoms with E-state index in [-0.39, 0.29) is 5.41 Å². The van der Waals surface area contributed by atoms with Crippen molar-refractivity contribution in [2.24, 2.45) is 23.2 Å².